The molecule has 8 heteroatoms. The summed E-state index contributed by atoms with van der Waals surface area (Å²) in [6.45, 7) is 2.03. The van der Waals surface area contributed by atoms with Crippen molar-refractivity contribution in [3.05, 3.63) is 62.8 Å². The largest absolute Gasteiger partial charge is 0.496 e. The summed E-state index contributed by atoms with van der Waals surface area (Å²) in [6.07, 6.45) is 9.19. The second kappa shape index (κ2) is 14.1. The van der Waals surface area contributed by atoms with E-state index in [0.717, 1.165) is 48.3 Å². The third-order valence-electron chi connectivity index (χ3n) is 6.73. The molecule has 1 aliphatic carbocycles. The second-order valence-corrected chi connectivity index (χ2v) is 9.90. The minimum Gasteiger partial charge on any atom is -0.496 e. The fraction of sp³-hybridized carbons (Fsp3) is 0.500. The first-order valence-electron chi connectivity index (χ1n) is 11.9. The molecular weight excluding hydrogens is 489 g/mol. The maximum Gasteiger partial charge on any atom is 0.305 e. The Hall–Kier alpha value is -1.57. The van der Waals surface area contributed by atoms with Crippen molar-refractivity contribution < 1.29 is 4.74 Å². The first-order valence-corrected chi connectivity index (χ1v) is 12.7. The molecular formula is C26H37Cl2N3O2S. The molecule has 0 bridgehead atoms. The zero-order valence-electron chi connectivity index (χ0n) is 19.8. The van der Waals surface area contributed by atoms with Gasteiger partial charge in [0.05, 0.1) is 17.3 Å². The van der Waals surface area contributed by atoms with Crippen LogP contribution < -0.4 is 20.7 Å². The summed E-state index contributed by atoms with van der Waals surface area (Å²) in [4.78, 5) is 14.3. The Kier molecular flexibility index (Phi) is 11.9. The van der Waals surface area contributed by atoms with Crippen LogP contribution in [0.3, 0.4) is 0 Å². The third-order valence-corrected chi connectivity index (χ3v) is 7.57. The van der Waals surface area contributed by atoms with Crippen molar-refractivity contribution in [3.8, 4) is 5.75 Å². The van der Waals surface area contributed by atoms with Gasteiger partial charge in [-0.1, -0.05) is 48.8 Å². The lowest BCUT2D eigenvalue weighted by Gasteiger charge is -2.32. The molecule has 34 heavy (non-hydrogen) atoms. The number of nitrogens with one attached hydrogen (secondary N) is 2. The average Bonchev–Trinajstić information content (AvgIpc) is 3.17. The Morgan fingerprint density at radius 2 is 1.94 bits per heavy atom. The molecule has 4 N–H and O–H groups in total. The molecule has 0 saturated heterocycles. The van der Waals surface area contributed by atoms with Gasteiger partial charge in [-0.3, -0.25) is 4.79 Å². The van der Waals surface area contributed by atoms with Gasteiger partial charge in [-0.15, -0.1) is 24.8 Å². The van der Waals surface area contributed by atoms with Crippen molar-refractivity contribution >= 4 is 46.4 Å². The van der Waals surface area contributed by atoms with Crippen molar-refractivity contribution in [2.75, 3.05) is 20.2 Å². The molecule has 3 aromatic rings. The summed E-state index contributed by atoms with van der Waals surface area (Å²) in [5.74, 6) is 1.48. The van der Waals surface area contributed by atoms with Gasteiger partial charge in [0.1, 0.15) is 5.75 Å². The zero-order valence-corrected chi connectivity index (χ0v) is 22.3. The molecule has 1 heterocycles. The standard InChI is InChI=1S/C26H35N3O2S.2ClH/c1-31-24-9-6-8-19-20(22(27)12-11-21(19)24)7-4-2-3-5-15-28-16-14-18-10-13-23-25(17-18)32-26(30)29-23;;/h6,8-10,13,17,20,22,28H,2-5,7,11-12,14-16,27H2,1H3,(H,29,30);2*1H. The lowest BCUT2D eigenvalue weighted by Crippen LogP contribution is -2.33. The monoisotopic (exact) mass is 525 g/mol. The lowest BCUT2D eigenvalue weighted by atomic mass is 9.77. The van der Waals surface area contributed by atoms with Crippen molar-refractivity contribution in [2.45, 2.75) is 63.3 Å². The van der Waals surface area contributed by atoms with Crippen molar-refractivity contribution in [1.82, 2.24) is 10.3 Å². The number of aromatic nitrogens is 1. The van der Waals surface area contributed by atoms with Crippen LogP contribution in [0.1, 0.15) is 61.1 Å². The summed E-state index contributed by atoms with van der Waals surface area (Å²) in [7, 11) is 1.76. The highest BCUT2D eigenvalue weighted by molar-refractivity contribution is 7.16. The summed E-state index contributed by atoms with van der Waals surface area (Å²) >= 11 is 1.28. The van der Waals surface area contributed by atoms with E-state index in [1.54, 1.807) is 7.11 Å². The van der Waals surface area contributed by atoms with Gasteiger partial charge < -0.3 is 20.8 Å². The fourth-order valence-electron chi connectivity index (χ4n) is 4.97. The summed E-state index contributed by atoms with van der Waals surface area (Å²) in [6, 6.07) is 12.9. The van der Waals surface area contributed by atoms with E-state index in [0.29, 0.717) is 5.92 Å². The van der Waals surface area contributed by atoms with Gasteiger partial charge in [-0.25, -0.2) is 0 Å². The van der Waals surface area contributed by atoms with Gasteiger partial charge in [-0.05, 0) is 86.0 Å². The molecule has 0 fully saturated rings. The smallest absolute Gasteiger partial charge is 0.305 e. The van der Waals surface area contributed by atoms with Gasteiger partial charge in [0.15, 0.2) is 0 Å². The van der Waals surface area contributed by atoms with Gasteiger partial charge in [-0.2, -0.15) is 0 Å². The molecule has 2 aromatic carbocycles. The number of hydrogen-bond donors (Lipinski definition) is 3. The molecule has 1 aromatic heterocycles. The van der Waals surface area contributed by atoms with Crippen molar-refractivity contribution in [1.29, 1.82) is 0 Å². The normalized spacial score (nSPS) is 17.0. The first kappa shape index (κ1) is 28.7. The Bertz CT molecular complexity index is 1090. The topological polar surface area (TPSA) is 80.1 Å². The van der Waals surface area contributed by atoms with Crippen LogP contribution in [0.4, 0.5) is 0 Å². The second-order valence-electron chi connectivity index (χ2n) is 8.88. The fourth-order valence-corrected chi connectivity index (χ4v) is 5.77. The van der Waals surface area contributed by atoms with Gasteiger partial charge >= 0.3 is 4.87 Å². The van der Waals surface area contributed by atoms with E-state index in [-0.39, 0.29) is 35.7 Å². The molecule has 0 aliphatic heterocycles. The number of halogens is 2. The predicted molar refractivity (Wildman–Crippen MR) is 149 cm³/mol. The number of fused-ring (bicyclic) bond motifs is 2. The average molecular weight is 527 g/mol. The van der Waals surface area contributed by atoms with E-state index in [9.17, 15) is 4.79 Å². The Morgan fingerprint density at radius 1 is 1.12 bits per heavy atom. The molecule has 188 valence electrons. The lowest BCUT2D eigenvalue weighted by molar-refractivity contribution is 0.388. The van der Waals surface area contributed by atoms with Gasteiger partial charge in [0.2, 0.25) is 0 Å². The first-order chi connectivity index (χ1) is 15.7. The van der Waals surface area contributed by atoms with Crippen LogP contribution >= 0.6 is 36.2 Å². The number of nitrogens with two attached hydrogens (primary N) is 1. The number of benzene rings is 2. The number of methoxy groups -OCH3 is 1. The summed E-state index contributed by atoms with van der Waals surface area (Å²) in [5.41, 5.74) is 11.5. The number of ether oxygens (including phenoxy) is 1. The molecule has 0 radical (unpaired) electrons. The molecule has 0 spiro atoms. The Morgan fingerprint density at radius 3 is 2.76 bits per heavy atom. The molecule has 2 atom stereocenters. The molecule has 1 aliphatic rings. The van der Waals surface area contributed by atoms with Crippen LogP contribution in [-0.2, 0) is 12.8 Å². The highest BCUT2D eigenvalue weighted by Crippen LogP contribution is 2.38. The van der Waals surface area contributed by atoms with Crippen LogP contribution in [0, 0.1) is 0 Å². The van der Waals surface area contributed by atoms with Crippen LogP contribution in [0.25, 0.3) is 10.2 Å². The maximum absolute atomic E-state index is 11.4. The number of unbranched alkanes of at least 4 members (excludes halogenated alkanes) is 3. The van der Waals surface area contributed by atoms with Crippen molar-refractivity contribution in [2.24, 2.45) is 5.73 Å². The summed E-state index contributed by atoms with van der Waals surface area (Å²) < 4.78 is 6.62. The van der Waals surface area contributed by atoms with E-state index in [1.807, 2.05) is 6.07 Å². The molecule has 5 nitrogen and oxygen atoms in total. The number of hydrogen-bond acceptors (Lipinski definition) is 5. The number of H-pyrrole nitrogens is 1. The van der Waals surface area contributed by atoms with Gasteiger partial charge in [0.25, 0.3) is 0 Å². The van der Waals surface area contributed by atoms with Crippen molar-refractivity contribution in [3.63, 3.8) is 0 Å². The highest BCUT2D eigenvalue weighted by atomic mass is 35.5. The number of rotatable bonds is 11. The molecule has 0 amide bonds. The Balaban J connectivity index is 0.00000204. The quantitative estimate of drug-likeness (QED) is 0.285. The third kappa shape index (κ3) is 7.22. The minimum absolute atomic E-state index is 0. The van der Waals surface area contributed by atoms with E-state index < -0.39 is 0 Å². The van der Waals surface area contributed by atoms with Gasteiger partial charge in [0, 0.05) is 6.04 Å². The maximum atomic E-state index is 11.4. The molecule has 2 unspecified atom stereocenters. The predicted octanol–water partition coefficient (Wildman–Crippen LogP) is 5.58. The van der Waals surface area contributed by atoms with E-state index in [2.05, 4.69) is 40.6 Å². The van der Waals surface area contributed by atoms with Crippen LogP contribution in [-0.4, -0.2) is 31.2 Å². The number of aromatic amines is 1. The SMILES string of the molecule is COc1cccc2c1CCC(N)C2CCCCCCNCCc1ccc2[nH]c(=O)sc2c1.Cl.Cl. The van der Waals surface area contributed by atoms with E-state index in [4.69, 9.17) is 10.5 Å². The number of thiazole rings is 1. The minimum atomic E-state index is 0. The van der Waals surface area contributed by atoms with Crippen LogP contribution in [0.15, 0.2) is 41.2 Å². The summed E-state index contributed by atoms with van der Waals surface area (Å²) in [5, 5.41) is 3.56. The highest BCUT2D eigenvalue weighted by Gasteiger charge is 2.28. The van der Waals surface area contributed by atoms with E-state index >= 15 is 0 Å². The molecule has 4 rings (SSSR count). The van der Waals surface area contributed by atoms with E-state index in [1.165, 1.54) is 60.1 Å². The molecule has 0 saturated carbocycles. The van der Waals surface area contributed by atoms with Crippen LogP contribution in [0.2, 0.25) is 0 Å². The Labute approximate surface area is 218 Å². The zero-order chi connectivity index (χ0) is 22.3. The van der Waals surface area contributed by atoms with Crippen LogP contribution in [0.5, 0.6) is 5.75 Å².